The predicted molar refractivity (Wildman–Crippen MR) is 60.6 cm³/mol. The molecule has 0 aromatic carbocycles. The van der Waals surface area contributed by atoms with E-state index in [0.717, 1.165) is 12.4 Å². The molecule has 80 valence electrons. The van der Waals surface area contributed by atoms with Gasteiger partial charge in [-0.3, -0.25) is 0 Å². The summed E-state index contributed by atoms with van der Waals surface area (Å²) in [7, 11) is 1.96. The van der Waals surface area contributed by atoms with E-state index in [9.17, 15) is 0 Å². The molecule has 0 spiro atoms. The molecule has 1 N–H and O–H groups in total. The Morgan fingerprint density at radius 1 is 1.60 bits per heavy atom. The molecule has 0 amide bonds. The quantitative estimate of drug-likeness (QED) is 0.856. The third-order valence-electron chi connectivity index (χ3n) is 2.30. The van der Waals surface area contributed by atoms with Gasteiger partial charge in [-0.15, -0.1) is 21.5 Å². The van der Waals surface area contributed by atoms with Crippen LogP contribution in [0.3, 0.4) is 0 Å². The first-order valence-corrected chi connectivity index (χ1v) is 5.75. The molecule has 0 aliphatic heterocycles. The van der Waals surface area contributed by atoms with Gasteiger partial charge >= 0.3 is 0 Å². The number of thiophene rings is 1. The number of nitrogens with one attached hydrogen (secondary N) is 1. The van der Waals surface area contributed by atoms with Crippen molar-refractivity contribution < 1.29 is 0 Å². The van der Waals surface area contributed by atoms with Crippen LogP contribution in [-0.2, 0) is 13.6 Å². The zero-order valence-electron chi connectivity index (χ0n) is 8.84. The maximum absolute atomic E-state index is 4.07. The standard InChI is InChI=1S/C10H14N4S/c1-8(10-13-12-7-14(10)2)11-6-9-4-3-5-15-9/h3-5,7-8,11H,6H2,1-2H3. The topological polar surface area (TPSA) is 42.7 Å². The smallest absolute Gasteiger partial charge is 0.149 e. The van der Waals surface area contributed by atoms with E-state index in [4.69, 9.17) is 0 Å². The third-order valence-corrected chi connectivity index (χ3v) is 3.17. The minimum atomic E-state index is 0.222. The molecule has 0 aliphatic rings. The zero-order valence-corrected chi connectivity index (χ0v) is 9.66. The summed E-state index contributed by atoms with van der Waals surface area (Å²) in [6.45, 7) is 2.98. The minimum Gasteiger partial charge on any atom is -0.319 e. The summed E-state index contributed by atoms with van der Waals surface area (Å²) < 4.78 is 1.94. The largest absolute Gasteiger partial charge is 0.319 e. The summed E-state index contributed by atoms with van der Waals surface area (Å²) in [6, 6.07) is 4.41. The van der Waals surface area contributed by atoms with Gasteiger partial charge in [0.15, 0.2) is 0 Å². The summed E-state index contributed by atoms with van der Waals surface area (Å²) in [6.07, 6.45) is 1.72. The Kier molecular flexibility index (Phi) is 3.13. The summed E-state index contributed by atoms with van der Waals surface area (Å²) in [5.74, 6) is 0.964. The first-order chi connectivity index (χ1) is 7.27. The highest BCUT2D eigenvalue weighted by Gasteiger charge is 2.10. The van der Waals surface area contributed by atoms with Gasteiger partial charge in [0.1, 0.15) is 12.2 Å². The fraction of sp³-hybridized carbons (Fsp3) is 0.400. The van der Waals surface area contributed by atoms with Gasteiger partial charge in [-0.05, 0) is 18.4 Å². The van der Waals surface area contributed by atoms with Crippen molar-refractivity contribution in [2.24, 2.45) is 7.05 Å². The monoisotopic (exact) mass is 222 g/mol. The zero-order chi connectivity index (χ0) is 10.7. The van der Waals surface area contributed by atoms with Crippen LogP contribution in [0.15, 0.2) is 23.8 Å². The Morgan fingerprint density at radius 3 is 3.07 bits per heavy atom. The van der Waals surface area contributed by atoms with E-state index < -0.39 is 0 Å². The molecule has 4 nitrogen and oxygen atoms in total. The van der Waals surface area contributed by atoms with Crippen LogP contribution in [0.25, 0.3) is 0 Å². The first kappa shape index (κ1) is 10.3. The Morgan fingerprint density at radius 2 is 2.47 bits per heavy atom. The number of rotatable bonds is 4. The number of aryl methyl sites for hydroxylation is 1. The van der Waals surface area contributed by atoms with Gasteiger partial charge in [-0.1, -0.05) is 6.07 Å². The van der Waals surface area contributed by atoms with Crippen LogP contribution in [0, 0.1) is 0 Å². The molecule has 1 unspecified atom stereocenters. The normalized spacial score (nSPS) is 12.9. The van der Waals surface area contributed by atoms with Gasteiger partial charge in [0, 0.05) is 18.5 Å². The predicted octanol–water partition coefficient (Wildman–Crippen LogP) is 1.73. The lowest BCUT2D eigenvalue weighted by Crippen LogP contribution is -2.20. The van der Waals surface area contributed by atoms with Crippen LogP contribution in [0.1, 0.15) is 23.7 Å². The van der Waals surface area contributed by atoms with E-state index in [2.05, 4.69) is 40.0 Å². The molecule has 0 aliphatic carbocycles. The van der Waals surface area contributed by atoms with Crippen LogP contribution >= 0.6 is 11.3 Å². The Hall–Kier alpha value is -1.20. The maximum atomic E-state index is 4.07. The fourth-order valence-corrected chi connectivity index (χ4v) is 2.10. The highest BCUT2D eigenvalue weighted by Crippen LogP contribution is 2.12. The van der Waals surface area contributed by atoms with Crippen LogP contribution in [0.4, 0.5) is 0 Å². The van der Waals surface area contributed by atoms with Gasteiger partial charge in [-0.25, -0.2) is 0 Å². The van der Waals surface area contributed by atoms with Gasteiger partial charge in [-0.2, -0.15) is 0 Å². The van der Waals surface area contributed by atoms with Crippen molar-refractivity contribution >= 4 is 11.3 Å². The second-order valence-corrected chi connectivity index (χ2v) is 4.51. The Balaban J connectivity index is 1.93. The average molecular weight is 222 g/mol. The summed E-state index contributed by atoms with van der Waals surface area (Å²) in [5.41, 5.74) is 0. The summed E-state index contributed by atoms with van der Waals surface area (Å²) in [4.78, 5) is 1.34. The molecule has 2 rings (SSSR count). The molecular formula is C10H14N4S. The molecular weight excluding hydrogens is 208 g/mol. The van der Waals surface area contributed by atoms with E-state index in [-0.39, 0.29) is 6.04 Å². The van der Waals surface area contributed by atoms with Crippen molar-refractivity contribution in [1.29, 1.82) is 0 Å². The second kappa shape index (κ2) is 4.55. The minimum absolute atomic E-state index is 0.222. The van der Waals surface area contributed by atoms with Gasteiger partial charge < -0.3 is 9.88 Å². The number of aromatic nitrogens is 3. The lowest BCUT2D eigenvalue weighted by Gasteiger charge is -2.11. The van der Waals surface area contributed by atoms with E-state index in [1.807, 2.05) is 11.6 Å². The van der Waals surface area contributed by atoms with Crippen LogP contribution in [-0.4, -0.2) is 14.8 Å². The number of nitrogens with zero attached hydrogens (tertiary/aromatic N) is 3. The van der Waals surface area contributed by atoms with Gasteiger partial charge in [0.25, 0.3) is 0 Å². The molecule has 0 radical (unpaired) electrons. The van der Waals surface area contributed by atoms with Gasteiger partial charge in [0.2, 0.25) is 0 Å². The lowest BCUT2D eigenvalue weighted by atomic mass is 10.3. The Labute approximate surface area is 93.0 Å². The summed E-state index contributed by atoms with van der Waals surface area (Å²) >= 11 is 1.76. The average Bonchev–Trinajstić information content (AvgIpc) is 2.84. The SMILES string of the molecule is CC(NCc1cccs1)c1nncn1C. The molecule has 2 heterocycles. The summed E-state index contributed by atoms with van der Waals surface area (Å²) in [5, 5.41) is 13.4. The number of hydrogen-bond donors (Lipinski definition) is 1. The third kappa shape index (κ3) is 2.43. The van der Waals surface area contributed by atoms with Crippen molar-refractivity contribution in [2.75, 3.05) is 0 Å². The molecule has 1 atom stereocenters. The number of hydrogen-bond acceptors (Lipinski definition) is 4. The molecule has 0 saturated heterocycles. The van der Waals surface area contributed by atoms with Gasteiger partial charge in [0.05, 0.1) is 6.04 Å². The second-order valence-electron chi connectivity index (χ2n) is 3.48. The highest BCUT2D eigenvalue weighted by molar-refractivity contribution is 7.09. The van der Waals surface area contributed by atoms with Crippen molar-refractivity contribution in [3.05, 3.63) is 34.5 Å². The van der Waals surface area contributed by atoms with E-state index in [0.29, 0.717) is 0 Å². The molecule has 0 fully saturated rings. The fourth-order valence-electron chi connectivity index (χ4n) is 1.44. The molecule has 0 saturated carbocycles. The Bertz CT molecular complexity index is 407. The van der Waals surface area contributed by atoms with Crippen LogP contribution in [0.2, 0.25) is 0 Å². The maximum Gasteiger partial charge on any atom is 0.149 e. The van der Waals surface area contributed by atoms with E-state index in [1.54, 1.807) is 17.7 Å². The van der Waals surface area contributed by atoms with E-state index >= 15 is 0 Å². The van der Waals surface area contributed by atoms with Crippen molar-refractivity contribution in [3.8, 4) is 0 Å². The molecule has 15 heavy (non-hydrogen) atoms. The molecule has 5 heteroatoms. The van der Waals surface area contributed by atoms with Crippen molar-refractivity contribution in [2.45, 2.75) is 19.5 Å². The highest BCUT2D eigenvalue weighted by atomic mass is 32.1. The van der Waals surface area contributed by atoms with E-state index in [1.165, 1.54) is 4.88 Å². The van der Waals surface area contributed by atoms with Crippen molar-refractivity contribution in [3.63, 3.8) is 0 Å². The first-order valence-electron chi connectivity index (χ1n) is 4.87. The molecule has 2 aromatic heterocycles. The van der Waals surface area contributed by atoms with Crippen molar-refractivity contribution in [1.82, 2.24) is 20.1 Å². The lowest BCUT2D eigenvalue weighted by molar-refractivity contribution is 0.531. The van der Waals surface area contributed by atoms with Crippen LogP contribution < -0.4 is 5.32 Å². The molecule has 2 aromatic rings. The molecule has 0 bridgehead atoms. The van der Waals surface area contributed by atoms with Crippen LogP contribution in [0.5, 0.6) is 0 Å².